The van der Waals surface area contributed by atoms with Crippen molar-refractivity contribution in [2.75, 3.05) is 19.0 Å². The SMILES string of the molecule is COC(=O)c1ccccc1NC(=O)COC(=O)c1cccc(Br)c1. The van der Waals surface area contributed by atoms with E-state index in [4.69, 9.17) is 4.74 Å². The number of hydrogen-bond donors (Lipinski definition) is 1. The number of ether oxygens (including phenoxy) is 2. The van der Waals surface area contributed by atoms with E-state index in [2.05, 4.69) is 26.0 Å². The predicted octanol–water partition coefficient (Wildman–Crippen LogP) is 3.03. The number of carbonyl (C=O) groups is 3. The van der Waals surface area contributed by atoms with Crippen LogP contribution in [0.5, 0.6) is 0 Å². The van der Waals surface area contributed by atoms with Crippen LogP contribution in [0.25, 0.3) is 0 Å². The van der Waals surface area contributed by atoms with Crippen molar-refractivity contribution in [2.45, 2.75) is 0 Å². The van der Waals surface area contributed by atoms with Crippen molar-refractivity contribution in [3.8, 4) is 0 Å². The Bertz CT molecular complexity index is 775. The van der Waals surface area contributed by atoms with Crippen LogP contribution in [-0.4, -0.2) is 31.6 Å². The first-order valence-corrected chi connectivity index (χ1v) is 7.70. The summed E-state index contributed by atoms with van der Waals surface area (Å²) in [5, 5.41) is 2.52. The Labute approximate surface area is 146 Å². The molecule has 2 aromatic rings. The third kappa shape index (κ3) is 4.66. The number of para-hydroxylation sites is 1. The van der Waals surface area contributed by atoms with Gasteiger partial charge in [-0.15, -0.1) is 0 Å². The first-order valence-electron chi connectivity index (χ1n) is 6.91. The highest BCUT2D eigenvalue weighted by molar-refractivity contribution is 9.10. The van der Waals surface area contributed by atoms with E-state index >= 15 is 0 Å². The van der Waals surface area contributed by atoms with Crippen molar-refractivity contribution < 1.29 is 23.9 Å². The lowest BCUT2D eigenvalue weighted by Crippen LogP contribution is -2.22. The van der Waals surface area contributed by atoms with Gasteiger partial charge in [-0.3, -0.25) is 4.79 Å². The van der Waals surface area contributed by atoms with Crippen LogP contribution in [-0.2, 0) is 14.3 Å². The quantitative estimate of drug-likeness (QED) is 0.792. The van der Waals surface area contributed by atoms with Crippen LogP contribution < -0.4 is 5.32 Å². The smallest absolute Gasteiger partial charge is 0.339 e. The maximum absolute atomic E-state index is 11.9. The molecule has 1 amide bonds. The summed E-state index contributed by atoms with van der Waals surface area (Å²) in [4.78, 5) is 35.4. The fourth-order valence-corrected chi connectivity index (χ4v) is 2.30. The summed E-state index contributed by atoms with van der Waals surface area (Å²) in [5.41, 5.74) is 0.826. The molecule has 24 heavy (non-hydrogen) atoms. The van der Waals surface area contributed by atoms with E-state index < -0.39 is 24.5 Å². The lowest BCUT2D eigenvalue weighted by molar-refractivity contribution is -0.119. The average molecular weight is 392 g/mol. The Kier molecular flexibility index (Phi) is 6.08. The van der Waals surface area contributed by atoms with Gasteiger partial charge in [0.2, 0.25) is 0 Å². The minimum atomic E-state index is -0.618. The van der Waals surface area contributed by atoms with Gasteiger partial charge >= 0.3 is 11.9 Å². The molecule has 0 aliphatic heterocycles. The van der Waals surface area contributed by atoms with E-state index in [1.54, 1.807) is 42.5 Å². The number of esters is 2. The zero-order chi connectivity index (χ0) is 17.5. The fraction of sp³-hybridized carbons (Fsp3) is 0.118. The Morgan fingerprint density at radius 1 is 1.04 bits per heavy atom. The van der Waals surface area contributed by atoms with Gasteiger partial charge in [0.15, 0.2) is 6.61 Å². The van der Waals surface area contributed by atoms with E-state index in [1.807, 2.05) is 0 Å². The molecule has 1 N–H and O–H groups in total. The van der Waals surface area contributed by atoms with Gasteiger partial charge < -0.3 is 14.8 Å². The van der Waals surface area contributed by atoms with Crippen LogP contribution in [0.1, 0.15) is 20.7 Å². The molecule has 6 nitrogen and oxygen atoms in total. The molecule has 0 unspecified atom stereocenters. The highest BCUT2D eigenvalue weighted by atomic mass is 79.9. The molecule has 2 rings (SSSR count). The number of halogens is 1. The summed E-state index contributed by atoms with van der Waals surface area (Å²) in [6.07, 6.45) is 0. The third-order valence-corrected chi connectivity index (χ3v) is 3.49. The number of benzene rings is 2. The predicted molar refractivity (Wildman–Crippen MR) is 90.8 cm³/mol. The number of hydrogen-bond acceptors (Lipinski definition) is 5. The van der Waals surface area contributed by atoms with Crippen LogP contribution in [0.2, 0.25) is 0 Å². The van der Waals surface area contributed by atoms with Crippen molar-refractivity contribution in [1.29, 1.82) is 0 Å². The Balaban J connectivity index is 1.97. The second-order valence-electron chi connectivity index (χ2n) is 4.67. The number of carbonyl (C=O) groups excluding carboxylic acids is 3. The molecule has 0 aliphatic carbocycles. The molecule has 124 valence electrons. The second kappa shape index (κ2) is 8.26. The Morgan fingerprint density at radius 2 is 1.79 bits per heavy atom. The lowest BCUT2D eigenvalue weighted by Gasteiger charge is -2.10. The zero-order valence-electron chi connectivity index (χ0n) is 12.7. The van der Waals surface area contributed by atoms with Crippen molar-refractivity contribution in [3.05, 3.63) is 64.1 Å². The average Bonchev–Trinajstić information content (AvgIpc) is 2.59. The molecule has 0 radical (unpaired) electrons. The lowest BCUT2D eigenvalue weighted by atomic mass is 10.2. The van der Waals surface area contributed by atoms with Gasteiger partial charge in [0.1, 0.15) is 0 Å². The Morgan fingerprint density at radius 3 is 2.50 bits per heavy atom. The van der Waals surface area contributed by atoms with Crippen LogP contribution in [0, 0.1) is 0 Å². The first-order chi connectivity index (χ1) is 11.5. The fourth-order valence-electron chi connectivity index (χ4n) is 1.90. The number of amides is 1. The van der Waals surface area contributed by atoms with E-state index in [-0.39, 0.29) is 11.3 Å². The van der Waals surface area contributed by atoms with Crippen molar-refractivity contribution >= 4 is 39.5 Å². The van der Waals surface area contributed by atoms with E-state index in [0.717, 1.165) is 4.47 Å². The topological polar surface area (TPSA) is 81.7 Å². The molecule has 0 aliphatic rings. The first kappa shape index (κ1) is 17.7. The monoisotopic (exact) mass is 391 g/mol. The number of methoxy groups -OCH3 is 1. The van der Waals surface area contributed by atoms with Gasteiger partial charge in [0.05, 0.1) is 23.9 Å². The van der Waals surface area contributed by atoms with E-state index in [9.17, 15) is 14.4 Å². The molecule has 0 saturated heterocycles. The maximum Gasteiger partial charge on any atom is 0.339 e. The third-order valence-electron chi connectivity index (χ3n) is 3.00. The molecular formula is C17H14BrNO5. The number of nitrogens with one attached hydrogen (secondary N) is 1. The molecule has 7 heteroatoms. The molecule has 2 aromatic carbocycles. The van der Waals surface area contributed by atoms with Gasteiger partial charge in [-0.1, -0.05) is 34.1 Å². The second-order valence-corrected chi connectivity index (χ2v) is 5.59. The number of anilines is 1. The van der Waals surface area contributed by atoms with E-state index in [1.165, 1.54) is 13.2 Å². The largest absolute Gasteiger partial charge is 0.465 e. The summed E-state index contributed by atoms with van der Waals surface area (Å²) >= 11 is 3.25. The standard InChI is InChI=1S/C17H14BrNO5/c1-23-17(22)13-7-2-3-8-14(13)19-15(20)10-24-16(21)11-5-4-6-12(18)9-11/h2-9H,10H2,1H3,(H,19,20). The summed E-state index contributed by atoms with van der Waals surface area (Å²) in [6, 6.07) is 13.0. The summed E-state index contributed by atoms with van der Waals surface area (Å²) < 4.78 is 10.3. The molecule has 0 atom stereocenters. The van der Waals surface area contributed by atoms with Crippen molar-refractivity contribution in [3.63, 3.8) is 0 Å². The van der Waals surface area contributed by atoms with Crippen molar-refractivity contribution in [2.24, 2.45) is 0 Å². The summed E-state index contributed by atoms with van der Waals surface area (Å²) in [5.74, 6) is -1.75. The molecular weight excluding hydrogens is 378 g/mol. The highest BCUT2D eigenvalue weighted by Crippen LogP contribution is 2.16. The molecule has 0 aromatic heterocycles. The molecule has 0 spiro atoms. The molecule has 0 saturated carbocycles. The summed E-state index contributed by atoms with van der Waals surface area (Å²) in [6.45, 7) is -0.471. The molecule has 0 bridgehead atoms. The van der Waals surface area contributed by atoms with Gasteiger partial charge in [-0.25, -0.2) is 9.59 Å². The van der Waals surface area contributed by atoms with Crippen LogP contribution >= 0.6 is 15.9 Å². The highest BCUT2D eigenvalue weighted by Gasteiger charge is 2.15. The molecule has 0 fully saturated rings. The van der Waals surface area contributed by atoms with Gasteiger partial charge in [-0.2, -0.15) is 0 Å². The van der Waals surface area contributed by atoms with Gasteiger partial charge in [0, 0.05) is 4.47 Å². The van der Waals surface area contributed by atoms with Crippen LogP contribution in [0.4, 0.5) is 5.69 Å². The summed E-state index contributed by atoms with van der Waals surface area (Å²) in [7, 11) is 1.25. The number of rotatable bonds is 5. The van der Waals surface area contributed by atoms with E-state index in [0.29, 0.717) is 5.56 Å². The molecule has 0 heterocycles. The van der Waals surface area contributed by atoms with Gasteiger partial charge in [0.25, 0.3) is 5.91 Å². The van der Waals surface area contributed by atoms with Crippen LogP contribution in [0.3, 0.4) is 0 Å². The normalized spacial score (nSPS) is 9.92. The van der Waals surface area contributed by atoms with Crippen molar-refractivity contribution in [1.82, 2.24) is 0 Å². The van der Waals surface area contributed by atoms with Gasteiger partial charge in [-0.05, 0) is 30.3 Å². The van der Waals surface area contributed by atoms with Crippen LogP contribution in [0.15, 0.2) is 53.0 Å². The maximum atomic E-state index is 11.9. The Hall–Kier alpha value is -2.67. The minimum Gasteiger partial charge on any atom is -0.465 e. The minimum absolute atomic E-state index is 0.215. The zero-order valence-corrected chi connectivity index (χ0v) is 14.3.